The normalized spacial score (nSPS) is 11.7. The highest BCUT2D eigenvalue weighted by Crippen LogP contribution is 2.29. The second-order valence-corrected chi connectivity index (χ2v) is 11.4. The molecule has 10 nitrogen and oxygen atoms in total. The summed E-state index contributed by atoms with van der Waals surface area (Å²) in [6, 6.07) is 12.2. The van der Waals surface area contributed by atoms with Gasteiger partial charge in [0.15, 0.2) is 0 Å². The number of nitrogens with zero attached hydrogens (tertiary/aromatic N) is 5. The quantitative estimate of drug-likeness (QED) is 0.209. The molecule has 0 aliphatic heterocycles. The van der Waals surface area contributed by atoms with Gasteiger partial charge in [0.2, 0.25) is 5.95 Å². The van der Waals surface area contributed by atoms with E-state index in [0.29, 0.717) is 39.5 Å². The largest absolute Gasteiger partial charge is 0.357 e. The summed E-state index contributed by atoms with van der Waals surface area (Å²) in [5.74, 6) is -0.514. The molecule has 3 aromatic heterocycles. The molecule has 0 atom stereocenters. The summed E-state index contributed by atoms with van der Waals surface area (Å²) < 4.78 is 31.9. The van der Waals surface area contributed by atoms with Crippen molar-refractivity contribution >= 4 is 34.5 Å². The van der Waals surface area contributed by atoms with Crippen LogP contribution in [0.25, 0.3) is 27.8 Å². The van der Waals surface area contributed by atoms with Gasteiger partial charge in [0.05, 0.1) is 17.1 Å². The van der Waals surface area contributed by atoms with Crippen LogP contribution in [-0.2, 0) is 5.41 Å². The number of hydrogen-bond acceptors (Lipinski definition) is 6. The lowest BCUT2D eigenvalue weighted by Gasteiger charge is -2.16. The van der Waals surface area contributed by atoms with Gasteiger partial charge in [-0.15, -0.1) is 0 Å². The highest BCUT2D eigenvalue weighted by molar-refractivity contribution is 6.00. The van der Waals surface area contributed by atoms with Crippen LogP contribution in [0.4, 0.5) is 31.0 Å². The van der Waals surface area contributed by atoms with Crippen molar-refractivity contribution in [3.63, 3.8) is 0 Å². The Bertz CT molecular complexity index is 1910. The van der Waals surface area contributed by atoms with Gasteiger partial charge in [-0.05, 0) is 55.8 Å². The fourth-order valence-corrected chi connectivity index (χ4v) is 4.63. The number of fused-ring (bicyclic) bond motifs is 1. The van der Waals surface area contributed by atoms with Crippen LogP contribution in [-0.4, -0.2) is 37.4 Å². The number of urea groups is 1. The van der Waals surface area contributed by atoms with Gasteiger partial charge in [-0.25, -0.2) is 23.2 Å². The lowest BCUT2D eigenvalue weighted by Crippen LogP contribution is -2.25. The lowest BCUT2D eigenvalue weighted by atomic mass is 9.92. The fourth-order valence-electron chi connectivity index (χ4n) is 4.63. The molecule has 5 rings (SSSR count). The third-order valence-electron chi connectivity index (χ3n) is 6.81. The van der Waals surface area contributed by atoms with Gasteiger partial charge in [0.25, 0.3) is 5.56 Å². The Labute approximate surface area is 246 Å². The SMILES string of the molecule is CNc1ncc2cc(-c3ccc(F)c(NC(=O)Nc4cc(C(C)(C)C)nn4-c4cccc(F)c4)c3)c(=O)n(C(C)C)c2n1. The summed E-state index contributed by atoms with van der Waals surface area (Å²) in [5.41, 5.74) is 1.40. The zero-order valence-electron chi connectivity index (χ0n) is 24.7. The van der Waals surface area contributed by atoms with Crippen molar-refractivity contribution in [1.82, 2.24) is 24.3 Å². The summed E-state index contributed by atoms with van der Waals surface area (Å²) in [6.07, 6.45) is 1.61. The number of nitrogens with one attached hydrogen (secondary N) is 3. The van der Waals surface area contributed by atoms with Crippen molar-refractivity contribution in [3.8, 4) is 16.8 Å². The van der Waals surface area contributed by atoms with E-state index in [1.165, 1.54) is 35.0 Å². The number of hydrogen-bond donors (Lipinski definition) is 3. The minimum absolute atomic E-state index is 0.139. The van der Waals surface area contributed by atoms with E-state index >= 15 is 0 Å². The van der Waals surface area contributed by atoms with Gasteiger partial charge in [0, 0.05) is 41.7 Å². The van der Waals surface area contributed by atoms with E-state index in [1.807, 2.05) is 34.6 Å². The maximum Gasteiger partial charge on any atom is 0.324 e. The maximum absolute atomic E-state index is 15.0. The number of carbonyl (C=O) groups is 1. The Balaban J connectivity index is 1.50. The summed E-state index contributed by atoms with van der Waals surface area (Å²) in [7, 11) is 1.69. The first kappa shape index (κ1) is 29.4. The molecule has 3 heterocycles. The topological polar surface area (TPSA) is 119 Å². The van der Waals surface area contributed by atoms with Crippen molar-refractivity contribution in [3.05, 3.63) is 88.5 Å². The number of aromatic nitrogens is 5. The highest BCUT2D eigenvalue weighted by Gasteiger charge is 2.22. The Morgan fingerprint density at radius 2 is 1.77 bits per heavy atom. The zero-order valence-corrected chi connectivity index (χ0v) is 24.7. The number of amides is 2. The molecule has 2 amide bonds. The Hall–Kier alpha value is -5.13. The molecule has 0 unspecified atom stereocenters. The second-order valence-electron chi connectivity index (χ2n) is 11.4. The van der Waals surface area contributed by atoms with Gasteiger partial charge < -0.3 is 10.6 Å². The van der Waals surface area contributed by atoms with Crippen LogP contribution in [0.2, 0.25) is 0 Å². The van der Waals surface area contributed by atoms with E-state index in [2.05, 4.69) is 31.0 Å². The van der Waals surface area contributed by atoms with Crippen molar-refractivity contribution in [2.24, 2.45) is 0 Å². The molecule has 0 bridgehead atoms. The Morgan fingerprint density at radius 3 is 2.44 bits per heavy atom. The molecule has 3 N–H and O–H groups in total. The van der Waals surface area contributed by atoms with Crippen molar-refractivity contribution in [2.45, 2.75) is 46.1 Å². The van der Waals surface area contributed by atoms with Crippen molar-refractivity contribution < 1.29 is 13.6 Å². The maximum atomic E-state index is 15.0. The van der Waals surface area contributed by atoms with E-state index in [4.69, 9.17) is 0 Å². The summed E-state index contributed by atoms with van der Waals surface area (Å²) >= 11 is 0. The van der Waals surface area contributed by atoms with Crippen molar-refractivity contribution in [1.29, 1.82) is 0 Å². The average Bonchev–Trinajstić information content (AvgIpc) is 3.37. The molecule has 0 aliphatic carbocycles. The molecule has 0 saturated heterocycles. The minimum Gasteiger partial charge on any atom is -0.357 e. The number of pyridine rings is 1. The third kappa shape index (κ3) is 5.94. The number of carbonyl (C=O) groups excluding carboxylic acids is 1. The summed E-state index contributed by atoms with van der Waals surface area (Å²) in [4.78, 5) is 35.5. The van der Waals surface area contributed by atoms with E-state index in [-0.39, 0.29) is 28.5 Å². The van der Waals surface area contributed by atoms with Gasteiger partial charge in [-0.2, -0.15) is 10.1 Å². The first-order valence-electron chi connectivity index (χ1n) is 13.7. The van der Waals surface area contributed by atoms with Crippen LogP contribution in [0.15, 0.2) is 65.6 Å². The molecule has 12 heteroatoms. The van der Waals surface area contributed by atoms with E-state index < -0.39 is 17.7 Å². The highest BCUT2D eigenvalue weighted by atomic mass is 19.1. The first-order valence-corrected chi connectivity index (χ1v) is 13.7. The molecule has 2 aromatic carbocycles. The molecule has 0 saturated carbocycles. The summed E-state index contributed by atoms with van der Waals surface area (Å²) in [5, 5.41) is 13.3. The lowest BCUT2D eigenvalue weighted by molar-refractivity contribution is 0.262. The molecule has 222 valence electrons. The number of anilines is 3. The van der Waals surface area contributed by atoms with Gasteiger partial charge in [-0.3, -0.25) is 14.7 Å². The fraction of sp³-hybridized carbons (Fsp3) is 0.258. The van der Waals surface area contributed by atoms with Crippen LogP contribution in [0, 0.1) is 11.6 Å². The van der Waals surface area contributed by atoms with Crippen LogP contribution in [0.1, 0.15) is 46.4 Å². The van der Waals surface area contributed by atoms with Crippen LogP contribution in [0.3, 0.4) is 0 Å². The van der Waals surface area contributed by atoms with Gasteiger partial charge in [-0.1, -0.05) is 32.9 Å². The smallest absolute Gasteiger partial charge is 0.324 e. The molecule has 5 aromatic rings. The first-order chi connectivity index (χ1) is 20.3. The predicted octanol–water partition coefficient (Wildman–Crippen LogP) is 6.49. The third-order valence-corrected chi connectivity index (χ3v) is 6.81. The number of benzene rings is 2. The van der Waals surface area contributed by atoms with Gasteiger partial charge in [0.1, 0.15) is 23.1 Å². The minimum atomic E-state index is -0.750. The molecule has 0 fully saturated rings. The predicted molar refractivity (Wildman–Crippen MR) is 164 cm³/mol. The molecular weight excluding hydrogens is 554 g/mol. The zero-order chi connectivity index (χ0) is 31.1. The standard InChI is InChI=1S/C31H32F2N8O2/c1-17(2)40-27-19(16-35-29(34-6)38-27)12-22(28(40)42)18-10-11-23(33)24(13-18)36-30(43)37-26-15-25(31(3,4)5)39-41(26)21-9-7-8-20(32)14-21/h7-17H,1-6H3,(H,34,35,38)(H2,36,37,43). The number of rotatable bonds is 6. The van der Waals surface area contributed by atoms with E-state index in [0.717, 1.165) is 0 Å². The van der Waals surface area contributed by atoms with Crippen LogP contribution in [0.5, 0.6) is 0 Å². The number of halogens is 2. The monoisotopic (exact) mass is 586 g/mol. The summed E-state index contributed by atoms with van der Waals surface area (Å²) in [6.45, 7) is 9.62. The van der Waals surface area contributed by atoms with E-state index in [9.17, 15) is 18.4 Å². The van der Waals surface area contributed by atoms with Crippen LogP contribution < -0.4 is 21.5 Å². The molecular formula is C31H32F2N8O2. The second kappa shape index (κ2) is 11.3. The Kier molecular flexibility index (Phi) is 7.70. The van der Waals surface area contributed by atoms with Crippen LogP contribution >= 0.6 is 0 Å². The average molecular weight is 587 g/mol. The van der Waals surface area contributed by atoms with Crippen molar-refractivity contribution in [2.75, 3.05) is 23.0 Å². The van der Waals surface area contributed by atoms with Gasteiger partial charge >= 0.3 is 6.03 Å². The van der Waals surface area contributed by atoms with E-state index in [1.54, 1.807) is 42.1 Å². The molecule has 43 heavy (non-hydrogen) atoms. The molecule has 0 radical (unpaired) electrons. The Morgan fingerprint density at radius 1 is 1.00 bits per heavy atom. The molecule has 0 aliphatic rings. The molecule has 0 spiro atoms.